The molecule has 1 amide bonds. The highest BCUT2D eigenvalue weighted by Crippen LogP contribution is 2.32. The molecule has 3 nitrogen and oxygen atoms in total. The largest absolute Gasteiger partial charge is 0.416 e. The number of benzene rings is 1. The third-order valence-electron chi connectivity index (χ3n) is 4.57. The summed E-state index contributed by atoms with van der Waals surface area (Å²) in [4.78, 5) is 16.2. The number of rotatable bonds is 3. The summed E-state index contributed by atoms with van der Waals surface area (Å²) in [5, 5.41) is 0. The Labute approximate surface area is 135 Å². The maximum atomic E-state index is 12.8. The van der Waals surface area contributed by atoms with Crippen molar-refractivity contribution in [3.8, 4) is 0 Å². The van der Waals surface area contributed by atoms with E-state index in [0.29, 0.717) is 31.9 Å². The number of carbonyl (C=O) groups excluding carboxylic acids is 1. The van der Waals surface area contributed by atoms with E-state index in [1.165, 1.54) is 12.1 Å². The highest BCUT2D eigenvalue weighted by molar-refractivity contribution is 5.82. The Morgan fingerprint density at radius 2 is 1.74 bits per heavy atom. The lowest BCUT2D eigenvalue weighted by Gasteiger charge is -2.39. The molecule has 0 bridgehead atoms. The Kier molecular flexibility index (Phi) is 4.92. The van der Waals surface area contributed by atoms with Crippen molar-refractivity contribution < 1.29 is 18.0 Å². The number of piperazine rings is 1. The molecule has 1 aliphatic heterocycles. The van der Waals surface area contributed by atoms with Crippen LogP contribution in [-0.4, -0.2) is 37.0 Å². The van der Waals surface area contributed by atoms with E-state index in [0.717, 1.165) is 12.5 Å². The first-order valence-corrected chi connectivity index (χ1v) is 7.87. The molecule has 0 aromatic heterocycles. The van der Waals surface area contributed by atoms with Gasteiger partial charge in [0.2, 0.25) is 5.91 Å². The van der Waals surface area contributed by atoms with Crippen molar-refractivity contribution in [2.75, 3.05) is 31.1 Å². The van der Waals surface area contributed by atoms with E-state index >= 15 is 0 Å². The van der Waals surface area contributed by atoms with Crippen LogP contribution in [0.25, 0.3) is 0 Å². The molecule has 1 aromatic carbocycles. The molecular formula is C17H23F3N2O. The second-order valence-electron chi connectivity index (χ2n) is 6.56. The van der Waals surface area contributed by atoms with Gasteiger partial charge in [-0.15, -0.1) is 0 Å². The van der Waals surface area contributed by atoms with Gasteiger partial charge in [0.05, 0.1) is 5.56 Å². The molecular weight excluding hydrogens is 305 g/mol. The lowest BCUT2D eigenvalue weighted by atomic mass is 9.88. The van der Waals surface area contributed by atoms with Crippen LogP contribution >= 0.6 is 0 Å². The number of amides is 1. The number of anilines is 1. The van der Waals surface area contributed by atoms with Crippen LogP contribution in [0.1, 0.15) is 32.8 Å². The van der Waals surface area contributed by atoms with E-state index in [4.69, 9.17) is 0 Å². The fourth-order valence-electron chi connectivity index (χ4n) is 2.63. The molecule has 128 valence electrons. The summed E-state index contributed by atoms with van der Waals surface area (Å²) >= 11 is 0. The number of carbonyl (C=O) groups is 1. The van der Waals surface area contributed by atoms with Crippen molar-refractivity contribution in [1.82, 2.24) is 4.90 Å². The summed E-state index contributed by atoms with van der Waals surface area (Å²) in [7, 11) is 0. The summed E-state index contributed by atoms with van der Waals surface area (Å²) in [5.74, 6) is 0.115. The van der Waals surface area contributed by atoms with E-state index in [-0.39, 0.29) is 5.91 Å². The molecule has 0 aliphatic carbocycles. The third kappa shape index (κ3) is 3.98. The van der Waals surface area contributed by atoms with Gasteiger partial charge in [0.25, 0.3) is 0 Å². The summed E-state index contributed by atoms with van der Waals surface area (Å²) in [6, 6.07) is 5.36. The molecule has 1 aromatic rings. The molecule has 23 heavy (non-hydrogen) atoms. The minimum atomic E-state index is -4.33. The quantitative estimate of drug-likeness (QED) is 0.843. The minimum absolute atomic E-state index is 0.115. The zero-order chi connectivity index (χ0) is 17.3. The van der Waals surface area contributed by atoms with Gasteiger partial charge in [-0.25, -0.2) is 0 Å². The summed E-state index contributed by atoms with van der Waals surface area (Å²) < 4.78 is 38.4. The Hall–Kier alpha value is -1.72. The van der Waals surface area contributed by atoms with Gasteiger partial charge in [-0.1, -0.05) is 26.8 Å². The van der Waals surface area contributed by atoms with Crippen molar-refractivity contribution in [3.05, 3.63) is 29.8 Å². The van der Waals surface area contributed by atoms with Gasteiger partial charge in [-0.3, -0.25) is 4.79 Å². The SMILES string of the molecule is CCC(C)(C)C(=O)N1CCN(c2cccc(C(F)(F)F)c2)CC1. The zero-order valence-electron chi connectivity index (χ0n) is 13.8. The molecule has 2 rings (SSSR count). The number of hydrogen-bond donors (Lipinski definition) is 0. The molecule has 0 unspecified atom stereocenters. The van der Waals surface area contributed by atoms with E-state index in [1.807, 2.05) is 30.6 Å². The number of halogens is 3. The van der Waals surface area contributed by atoms with Crippen molar-refractivity contribution in [1.29, 1.82) is 0 Å². The van der Waals surface area contributed by atoms with E-state index in [2.05, 4.69) is 0 Å². The second kappa shape index (κ2) is 6.42. The molecule has 1 saturated heterocycles. The molecule has 0 radical (unpaired) electrons. The van der Waals surface area contributed by atoms with E-state index in [9.17, 15) is 18.0 Å². The minimum Gasteiger partial charge on any atom is -0.368 e. The average Bonchev–Trinajstić information content (AvgIpc) is 2.53. The summed E-state index contributed by atoms with van der Waals surface area (Å²) in [6.07, 6.45) is -3.57. The van der Waals surface area contributed by atoms with Crippen LogP contribution in [0.5, 0.6) is 0 Å². The van der Waals surface area contributed by atoms with Crippen LogP contribution in [-0.2, 0) is 11.0 Å². The third-order valence-corrected chi connectivity index (χ3v) is 4.57. The fraction of sp³-hybridized carbons (Fsp3) is 0.588. The topological polar surface area (TPSA) is 23.6 Å². The molecule has 1 fully saturated rings. The summed E-state index contributed by atoms with van der Waals surface area (Å²) in [5.41, 5.74) is -0.472. The lowest BCUT2D eigenvalue weighted by Crippen LogP contribution is -2.52. The smallest absolute Gasteiger partial charge is 0.368 e. The lowest BCUT2D eigenvalue weighted by molar-refractivity contribution is -0.140. The Morgan fingerprint density at radius 3 is 2.26 bits per heavy atom. The standard InChI is InChI=1S/C17H23F3N2O/c1-4-16(2,3)15(23)22-10-8-21(9-11-22)14-7-5-6-13(12-14)17(18,19)20/h5-7,12H,4,8-11H2,1-3H3. The normalized spacial score (nSPS) is 16.6. The van der Waals surface area contributed by atoms with Crippen LogP contribution in [0.3, 0.4) is 0 Å². The molecule has 6 heteroatoms. The molecule has 1 aliphatic rings. The van der Waals surface area contributed by atoms with Gasteiger partial charge in [0.1, 0.15) is 0 Å². The number of nitrogens with zero attached hydrogens (tertiary/aromatic N) is 2. The molecule has 0 N–H and O–H groups in total. The van der Waals surface area contributed by atoms with Gasteiger partial charge >= 0.3 is 6.18 Å². The first-order valence-electron chi connectivity index (χ1n) is 7.87. The van der Waals surface area contributed by atoms with E-state index < -0.39 is 17.2 Å². The highest BCUT2D eigenvalue weighted by atomic mass is 19.4. The van der Waals surface area contributed by atoms with Crippen molar-refractivity contribution in [2.24, 2.45) is 5.41 Å². The van der Waals surface area contributed by atoms with Gasteiger partial charge in [-0.05, 0) is 24.6 Å². The van der Waals surface area contributed by atoms with Crippen LogP contribution in [0.2, 0.25) is 0 Å². The highest BCUT2D eigenvalue weighted by Gasteiger charge is 2.33. The van der Waals surface area contributed by atoms with E-state index in [1.54, 1.807) is 6.07 Å². The average molecular weight is 328 g/mol. The molecule has 0 spiro atoms. The van der Waals surface area contributed by atoms with Crippen LogP contribution < -0.4 is 4.90 Å². The second-order valence-corrected chi connectivity index (χ2v) is 6.56. The number of hydrogen-bond acceptors (Lipinski definition) is 2. The monoisotopic (exact) mass is 328 g/mol. The van der Waals surface area contributed by atoms with Gasteiger partial charge < -0.3 is 9.80 Å². The van der Waals surface area contributed by atoms with Gasteiger partial charge in [-0.2, -0.15) is 13.2 Å². The fourth-order valence-corrected chi connectivity index (χ4v) is 2.63. The molecule has 1 heterocycles. The van der Waals surface area contributed by atoms with Crippen LogP contribution in [0.15, 0.2) is 24.3 Å². The predicted molar refractivity (Wildman–Crippen MR) is 84.3 cm³/mol. The van der Waals surface area contributed by atoms with Gasteiger partial charge in [0, 0.05) is 37.3 Å². The first kappa shape index (κ1) is 17.6. The Balaban J connectivity index is 2.04. The molecule has 0 saturated carbocycles. The zero-order valence-corrected chi connectivity index (χ0v) is 13.8. The van der Waals surface area contributed by atoms with Crippen LogP contribution in [0, 0.1) is 5.41 Å². The van der Waals surface area contributed by atoms with Crippen molar-refractivity contribution in [3.63, 3.8) is 0 Å². The van der Waals surface area contributed by atoms with Gasteiger partial charge in [0.15, 0.2) is 0 Å². The van der Waals surface area contributed by atoms with Crippen LogP contribution in [0.4, 0.5) is 18.9 Å². The summed E-state index contributed by atoms with van der Waals surface area (Å²) in [6.45, 7) is 8.01. The van der Waals surface area contributed by atoms with Crippen molar-refractivity contribution >= 4 is 11.6 Å². The maximum absolute atomic E-state index is 12.8. The molecule has 0 atom stereocenters. The Bertz CT molecular complexity index is 561. The Morgan fingerprint density at radius 1 is 1.13 bits per heavy atom. The van der Waals surface area contributed by atoms with Crippen molar-refractivity contribution in [2.45, 2.75) is 33.4 Å². The maximum Gasteiger partial charge on any atom is 0.416 e. The predicted octanol–water partition coefficient (Wildman–Crippen LogP) is 3.79. The number of alkyl halides is 3. The first-order chi connectivity index (χ1) is 10.6.